The lowest BCUT2D eigenvalue weighted by molar-refractivity contribution is 0.949. The molecule has 106 valence electrons. The Labute approximate surface area is 121 Å². The van der Waals surface area contributed by atoms with E-state index in [2.05, 4.69) is 61.2 Å². The third-order valence-electron chi connectivity index (χ3n) is 3.48. The highest BCUT2D eigenvalue weighted by Crippen LogP contribution is 2.29. The Bertz CT molecular complexity index is 591. The molecule has 0 aliphatic carbocycles. The zero-order valence-electron chi connectivity index (χ0n) is 12.8. The van der Waals surface area contributed by atoms with Gasteiger partial charge in [0.05, 0.1) is 5.69 Å². The van der Waals surface area contributed by atoms with E-state index in [4.69, 9.17) is 0 Å². The van der Waals surface area contributed by atoms with Crippen molar-refractivity contribution in [1.82, 2.24) is 9.97 Å². The van der Waals surface area contributed by atoms with Crippen molar-refractivity contribution in [2.75, 3.05) is 11.9 Å². The van der Waals surface area contributed by atoms with Gasteiger partial charge in [0.1, 0.15) is 12.1 Å². The molecule has 0 bridgehead atoms. The Morgan fingerprint density at radius 2 is 1.90 bits per heavy atom. The number of aromatic nitrogens is 2. The van der Waals surface area contributed by atoms with E-state index in [-0.39, 0.29) is 0 Å². The highest BCUT2D eigenvalue weighted by Gasteiger charge is 2.13. The number of nitrogens with zero attached hydrogens (tertiary/aromatic N) is 2. The van der Waals surface area contributed by atoms with E-state index >= 15 is 0 Å². The zero-order chi connectivity index (χ0) is 14.5. The second kappa shape index (κ2) is 6.51. The molecule has 1 heterocycles. The lowest BCUT2D eigenvalue weighted by atomic mass is 9.98. The SMILES string of the molecule is CCCNc1ncnc(-c2ccc(C)cc2C)c1CC. The minimum absolute atomic E-state index is 0.926. The molecule has 0 amide bonds. The fourth-order valence-electron chi connectivity index (χ4n) is 2.45. The summed E-state index contributed by atoms with van der Waals surface area (Å²) in [5, 5.41) is 3.40. The average Bonchev–Trinajstić information content (AvgIpc) is 2.44. The first-order valence-electron chi connectivity index (χ1n) is 7.32. The third kappa shape index (κ3) is 2.98. The summed E-state index contributed by atoms with van der Waals surface area (Å²) in [4.78, 5) is 8.93. The van der Waals surface area contributed by atoms with Gasteiger partial charge in [-0.1, -0.05) is 37.6 Å². The third-order valence-corrected chi connectivity index (χ3v) is 3.48. The van der Waals surface area contributed by atoms with Crippen LogP contribution in [0.2, 0.25) is 0 Å². The minimum atomic E-state index is 0.926. The molecular weight excluding hydrogens is 246 g/mol. The van der Waals surface area contributed by atoms with E-state index in [0.29, 0.717) is 0 Å². The molecule has 0 saturated heterocycles. The molecule has 0 atom stereocenters. The van der Waals surface area contributed by atoms with Gasteiger partial charge in [-0.25, -0.2) is 9.97 Å². The number of hydrogen-bond acceptors (Lipinski definition) is 3. The van der Waals surface area contributed by atoms with Crippen LogP contribution in [-0.4, -0.2) is 16.5 Å². The van der Waals surface area contributed by atoms with Crippen molar-refractivity contribution in [2.45, 2.75) is 40.5 Å². The number of anilines is 1. The number of hydrogen-bond donors (Lipinski definition) is 1. The second-order valence-electron chi connectivity index (χ2n) is 5.15. The van der Waals surface area contributed by atoms with Crippen LogP contribution in [0.4, 0.5) is 5.82 Å². The summed E-state index contributed by atoms with van der Waals surface area (Å²) >= 11 is 0. The van der Waals surface area contributed by atoms with Gasteiger partial charge in [0.15, 0.2) is 0 Å². The summed E-state index contributed by atoms with van der Waals surface area (Å²) in [5.41, 5.74) is 6.00. The fourth-order valence-corrected chi connectivity index (χ4v) is 2.45. The number of benzene rings is 1. The predicted octanol–water partition coefficient (Wildman–Crippen LogP) is 4.14. The smallest absolute Gasteiger partial charge is 0.133 e. The Morgan fingerprint density at radius 3 is 2.55 bits per heavy atom. The summed E-state index contributed by atoms with van der Waals surface area (Å²) < 4.78 is 0. The fraction of sp³-hybridized carbons (Fsp3) is 0.412. The summed E-state index contributed by atoms with van der Waals surface area (Å²) in [6.45, 7) is 9.51. The van der Waals surface area contributed by atoms with E-state index in [9.17, 15) is 0 Å². The molecule has 0 radical (unpaired) electrons. The van der Waals surface area contributed by atoms with Crippen LogP contribution in [0.3, 0.4) is 0 Å². The van der Waals surface area contributed by atoms with Gasteiger partial charge in [-0.2, -0.15) is 0 Å². The Balaban J connectivity index is 2.50. The molecule has 0 spiro atoms. The quantitative estimate of drug-likeness (QED) is 0.886. The highest BCUT2D eigenvalue weighted by molar-refractivity contribution is 5.71. The summed E-state index contributed by atoms with van der Waals surface area (Å²) in [6, 6.07) is 6.51. The van der Waals surface area contributed by atoms with Gasteiger partial charge in [0.2, 0.25) is 0 Å². The molecule has 0 saturated carbocycles. The van der Waals surface area contributed by atoms with Crippen molar-refractivity contribution in [2.24, 2.45) is 0 Å². The largest absolute Gasteiger partial charge is 0.370 e. The van der Waals surface area contributed by atoms with Crippen molar-refractivity contribution in [3.05, 3.63) is 41.2 Å². The number of rotatable bonds is 5. The van der Waals surface area contributed by atoms with Crippen molar-refractivity contribution in [1.29, 1.82) is 0 Å². The summed E-state index contributed by atoms with van der Waals surface area (Å²) in [7, 11) is 0. The van der Waals surface area contributed by atoms with Gasteiger partial charge < -0.3 is 5.32 Å². The molecule has 20 heavy (non-hydrogen) atoms. The molecule has 0 fully saturated rings. The first-order valence-corrected chi connectivity index (χ1v) is 7.32. The average molecular weight is 269 g/mol. The van der Waals surface area contributed by atoms with Crippen LogP contribution in [0.25, 0.3) is 11.3 Å². The van der Waals surface area contributed by atoms with Crippen LogP contribution in [0.5, 0.6) is 0 Å². The zero-order valence-corrected chi connectivity index (χ0v) is 12.8. The maximum absolute atomic E-state index is 4.53. The minimum Gasteiger partial charge on any atom is -0.370 e. The van der Waals surface area contributed by atoms with Gasteiger partial charge in [0.25, 0.3) is 0 Å². The molecule has 2 aromatic rings. The standard InChI is InChI=1S/C17H23N3/c1-5-9-18-17-14(6-2)16(19-11-20-17)15-8-7-12(3)10-13(15)4/h7-8,10-11H,5-6,9H2,1-4H3,(H,18,19,20). The van der Waals surface area contributed by atoms with Crippen molar-refractivity contribution in [3.63, 3.8) is 0 Å². The predicted molar refractivity (Wildman–Crippen MR) is 85.1 cm³/mol. The molecule has 1 aromatic heterocycles. The molecule has 1 aromatic carbocycles. The Morgan fingerprint density at radius 1 is 1.10 bits per heavy atom. The first-order chi connectivity index (χ1) is 9.67. The van der Waals surface area contributed by atoms with E-state index in [0.717, 1.165) is 30.9 Å². The monoisotopic (exact) mass is 269 g/mol. The lowest BCUT2D eigenvalue weighted by Gasteiger charge is -2.14. The summed E-state index contributed by atoms with van der Waals surface area (Å²) in [6.07, 6.45) is 3.67. The van der Waals surface area contributed by atoms with Gasteiger partial charge in [-0.05, 0) is 32.3 Å². The van der Waals surface area contributed by atoms with Crippen LogP contribution >= 0.6 is 0 Å². The van der Waals surface area contributed by atoms with Gasteiger partial charge >= 0.3 is 0 Å². The van der Waals surface area contributed by atoms with Gasteiger partial charge in [-0.15, -0.1) is 0 Å². The van der Waals surface area contributed by atoms with Crippen molar-refractivity contribution in [3.8, 4) is 11.3 Å². The molecule has 2 rings (SSSR count). The van der Waals surface area contributed by atoms with E-state index in [1.165, 1.54) is 22.3 Å². The van der Waals surface area contributed by atoms with E-state index in [1.54, 1.807) is 6.33 Å². The van der Waals surface area contributed by atoms with Gasteiger partial charge in [0, 0.05) is 17.7 Å². The van der Waals surface area contributed by atoms with Crippen LogP contribution in [0.15, 0.2) is 24.5 Å². The molecule has 0 aliphatic heterocycles. The topological polar surface area (TPSA) is 37.8 Å². The molecular formula is C17H23N3. The number of aryl methyl sites for hydroxylation is 2. The lowest BCUT2D eigenvalue weighted by Crippen LogP contribution is -2.07. The molecule has 0 aliphatic rings. The van der Waals surface area contributed by atoms with Crippen molar-refractivity contribution >= 4 is 5.82 Å². The molecule has 0 unspecified atom stereocenters. The second-order valence-corrected chi connectivity index (χ2v) is 5.15. The molecule has 1 N–H and O–H groups in total. The molecule has 3 heteroatoms. The number of nitrogens with one attached hydrogen (secondary N) is 1. The van der Waals surface area contributed by atoms with Crippen LogP contribution in [0, 0.1) is 13.8 Å². The Hall–Kier alpha value is -1.90. The Kier molecular flexibility index (Phi) is 4.72. The van der Waals surface area contributed by atoms with Crippen LogP contribution in [-0.2, 0) is 6.42 Å². The highest BCUT2D eigenvalue weighted by atomic mass is 15.0. The van der Waals surface area contributed by atoms with Gasteiger partial charge in [-0.3, -0.25) is 0 Å². The van der Waals surface area contributed by atoms with Crippen LogP contribution in [0.1, 0.15) is 37.0 Å². The first kappa shape index (κ1) is 14.5. The van der Waals surface area contributed by atoms with Crippen LogP contribution < -0.4 is 5.32 Å². The van der Waals surface area contributed by atoms with E-state index < -0.39 is 0 Å². The molecule has 3 nitrogen and oxygen atoms in total. The maximum Gasteiger partial charge on any atom is 0.133 e. The maximum atomic E-state index is 4.53. The summed E-state index contributed by atoms with van der Waals surface area (Å²) in [5.74, 6) is 0.972. The van der Waals surface area contributed by atoms with E-state index in [1.807, 2.05) is 0 Å². The van der Waals surface area contributed by atoms with Crippen molar-refractivity contribution < 1.29 is 0 Å². The normalized spacial score (nSPS) is 10.6.